The fourth-order valence-corrected chi connectivity index (χ4v) is 6.67. The molecule has 1 aliphatic heterocycles. The van der Waals surface area contributed by atoms with Gasteiger partial charge in [0.1, 0.15) is 5.75 Å². The van der Waals surface area contributed by atoms with Gasteiger partial charge in [0.2, 0.25) is 8.32 Å². The molecule has 5 heteroatoms. The molecule has 1 heterocycles. The first-order chi connectivity index (χ1) is 11.0. The number of hydrogen-bond acceptors (Lipinski definition) is 3. The van der Waals surface area contributed by atoms with Crippen molar-refractivity contribution < 1.29 is 4.43 Å². The van der Waals surface area contributed by atoms with E-state index in [9.17, 15) is 0 Å². The molecule has 2 rings (SSSR count). The van der Waals surface area contributed by atoms with E-state index in [1.807, 2.05) is 0 Å². The molecule has 1 aliphatic rings. The third-order valence-corrected chi connectivity index (χ3v) is 13.1. The highest BCUT2D eigenvalue weighted by Gasteiger charge is 2.39. The molecule has 1 saturated heterocycles. The SMILES string of the molecule is CC(C)(C)[Si](C)(C)Oc1cccc([Si](C)(C)CN2CCNCC2)c1. The van der Waals surface area contributed by atoms with Gasteiger partial charge in [0, 0.05) is 26.2 Å². The quantitative estimate of drug-likeness (QED) is 0.810. The first kappa shape index (κ1) is 19.7. The third-order valence-electron chi connectivity index (χ3n) is 5.62. The molecule has 136 valence electrons. The van der Waals surface area contributed by atoms with Crippen LogP contribution in [0.1, 0.15) is 20.8 Å². The maximum atomic E-state index is 6.53. The summed E-state index contributed by atoms with van der Waals surface area (Å²) in [4.78, 5) is 2.63. The molecule has 1 aromatic carbocycles. The molecule has 0 unspecified atom stereocenters. The molecule has 3 nitrogen and oxygen atoms in total. The Bertz CT molecular complexity index is 547. The second-order valence-electron chi connectivity index (χ2n) is 9.30. The summed E-state index contributed by atoms with van der Waals surface area (Å²) in [6.45, 7) is 21.1. The molecule has 0 amide bonds. The fraction of sp³-hybridized carbons (Fsp3) is 0.684. The van der Waals surface area contributed by atoms with Gasteiger partial charge in [-0.15, -0.1) is 0 Å². The zero-order valence-corrected chi connectivity index (χ0v) is 18.7. The van der Waals surface area contributed by atoms with Gasteiger partial charge in [-0.25, -0.2) is 0 Å². The molecule has 24 heavy (non-hydrogen) atoms. The number of nitrogens with zero attached hydrogens (tertiary/aromatic N) is 1. The number of hydrogen-bond donors (Lipinski definition) is 1. The molecule has 0 spiro atoms. The van der Waals surface area contributed by atoms with Gasteiger partial charge in [-0.05, 0) is 36.4 Å². The van der Waals surface area contributed by atoms with E-state index in [4.69, 9.17) is 4.43 Å². The minimum atomic E-state index is -1.77. The normalized spacial score (nSPS) is 17.8. The highest BCUT2D eigenvalue weighted by atomic mass is 28.4. The van der Waals surface area contributed by atoms with E-state index >= 15 is 0 Å². The molecule has 0 bridgehead atoms. The zero-order valence-electron chi connectivity index (χ0n) is 16.7. The molecule has 0 atom stereocenters. The van der Waals surface area contributed by atoms with Gasteiger partial charge in [-0.3, -0.25) is 0 Å². The van der Waals surface area contributed by atoms with Crippen molar-refractivity contribution in [3.63, 3.8) is 0 Å². The monoisotopic (exact) mass is 364 g/mol. The summed E-state index contributed by atoms with van der Waals surface area (Å²) in [5, 5.41) is 5.19. The summed E-state index contributed by atoms with van der Waals surface area (Å²) in [7, 11) is -3.26. The summed E-state index contributed by atoms with van der Waals surface area (Å²) < 4.78 is 6.53. The van der Waals surface area contributed by atoms with Crippen LogP contribution in [0.3, 0.4) is 0 Å². The minimum absolute atomic E-state index is 0.233. The van der Waals surface area contributed by atoms with E-state index in [0.717, 1.165) is 18.8 Å². The summed E-state index contributed by atoms with van der Waals surface area (Å²) in [5.74, 6) is 1.07. The number of piperazine rings is 1. The molecule has 0 aliphatic carbocycles. The van der Waals surface area contributed by atoms with Crippen LogP contribution in [0.2, 0.25) is 31.2 Å². The van der Waals surface area contributed by atoms with Gasteiger partial charge >= 0.3 is 0 Å². The Morgan fingerprint density at radius 2 is 1.71 bits per heavy atom. The van der Waals surface area contributed by atoms with Crippen molar-refractivity contribution in [1.29, 1.82) is 0 Å². The second-order valence-corrected chi connectivity index (χ2v) is 18.7. The van der Waals surface area contributed by atoms with Crippen LogP contribution in [0, 0.1) is 0 Å². The third kappa shape index (κ3) is 4.94. The van der Waals surface area contributed by atoms with Gasteiger partial charge in [-0.2, -0.15) is 0 Å². The van der Waals surface area contributed by atoms with Crippen molar-refractivity contribution in [3.8, 4) is 5.75 Å². The minimum Gasteiger partial charge on any atom is -0.544 e. The highest BCUT2D eigenvalue weighted by Crippen LogP contribution is 2.37. The van der Waals surface area contributed by atoms with Crippen LogP contribution in [0.15, 0.2) is 24.3 Å². The van der Waals surface area contributed by atoms with Crippen molar-refractivity contribution in [3.05, 3.63) is 24.3 Å². The van der Waals surface area contributed by atoms with Crippen LogP contribution >= 0.6 is 0 Å². The fourth-order valence-electron chi connectivity index (χ4n) is 2.95. The predicted molar refractivity (Wildman–Crippen MR) is 111 cm³/mol. The van der Waals surface area contributed by atoms with Crippen molar-refractivity contribution in [1.82, 2.24) is 10.2 Å². The molecule has 0 saturated carbocycles. The van der Waals surface area contributed by atoms with Crippen molar-refractivity contribution >= 4 is 21.6 Å². The first-order valence-corrected chi connectivity index (χ1v) is 15.4. The Morgan fingerprint density at radius 3 is 2.29 bits per heavy atom. The molecule has 1 fully saturated rings. The van der Waals surface area contributed by atoms with Gasteiger partial charge in [0.15, 0.2) is 0 Å². The van der Waals surface area contributed by atoms with Gasteiger partial charge in [-0.1, -0.05) is 51.2 Å². The Labute approximate surface area is 150 Å². The lowest BCUT2D eigenvalue weighted by Gasteiger charge is -2.37. The second kappa shape index (κ2) is 7.32. The molecular weight excluding hydrogens is 328 g/mol. The molecule has 1 aromatic rings. The van der Waals surface area contributed by atoms with Crippen molar-refractivity contribution in [2.45, 2.75) is 52.0 Å². The summed E-state index contributed by atoms with van der Waals surface area (Å²) in [5.41, 5.74) is 0. The van der Waals surface area contributed by atoms with Gasteiger partial charge in [0.25, 0.3) is 0 Å². The van der Waals surface area contributed by atoms with E-state index in [0.29, 0.717) is 0 Å². The van der Waals surface area contributed by atoms with E-state index in [1.54, 1.807) is 0 Å². The Morgan fingerprint density at radius 1 is 1.08 bits per heavy atom. The zero-order chi connectivity index (χ0) is 18.0. The van der Waals surface area contributed by atoms with Crippen molar-refractivity contribution in [2.75, 3.05) is 32.3 Å². The van der Waals surface area contributed by atoms with Crippen LogP contribution in [0.4, 0.5) is 0 Å². The molecule has 0 radical (unpaired) electrons. The molecular formula is C19H36N2OSi2. The van der Waals surface area contributed by atoms with Gasteiger partial charge < -0.3 is 14.6 Å². The largest absolute Gasteiger partial charge is 0.544 e. The number of benzene rings is 1. The lowest BCUT2D eigenvalue weighted by atomic mass is 10.2. The molecule has 0 aromatic heterocycles. The van der Waals surface area contributed by atoms with Crippen LogP contribution < -0.4 is 14.9 Å². The maximum absolute atomic E-state index is 6.53. The van der Waals surface area contributed by atoms with E-state index < -0.39 is 16.4 Å². The topological polar surface area (TPSA) is 24.5 Å². The number of nitrogens with one attached hydrogen (secondary N) is 1. The summed E-state index contributed by atoms with van der Waals surface area (Å²) in [6, 6.07) is 8.96. The van der Waals surface area contributed by atoms with Crippen molar-refractivity contribution in [2.24, 2.45) is 0 Å². The summed E-state index contributed by atoms with van der Waals surface area (Å²) in [6.07, 6.45) is 1.23. The maximum Gasteiger partial charge on any atom is 0.250 e. The van der Waals surface area contributed by atoms with E-state index in [-0.39, 0.29) is 5.04 Å². The van der Waals surface area contributed by atoms with Crippen LogP contribution in [-0.2, 0) is 0 Å². The standard InChI is InChI=1S/C19H36N2OSi2/c1-19(2,3)24(6,7)22-17-9-8-10-18(15-17)23(4,5)16-21-13-11-20-12-14-21/h8-10,15,20H,11-14,16H2,1-7H3. The van der Waals surface area contributed by atoms with E-state index in [2.05, 4.69) is 81.4 Å². The summed E-state index contributed by atoms with van der Waals surface area (Å²) >= 11 is 0. The highest BCUT2D eigenvalue weighted by molar-refractivity contribution is 6.90. The van der Waals surface area contributed by atoms with Crippen LogP contribution in [0.25, 0.3) is 0 Å². The Hall–Kier alpha value is -0.626. The average molecular weight is 365 g/mol. The Balaban J connectivity index is 2.13. The smallest absolute Gasteiger partial charge is 0.250 e. The molecule has 1 N–H and O–H groups in total. The van der Waals surface area contributed by atoms with Crippen LogP contribution in [0.5, 0.6) is 5.75 Å². The lowest BCUT2D eigenvalue weighted by Crippen LogP contribution is -2.56. The first-order valence-electron chi connectivity index (χ1n) is 9.24. The van der Waals surface area contributed by atoms with Gasteiger partial charge in [0.05, 0.1) is 8.07 Å². The van der Waals surface area contributed by atoms with Crippen LogP contribution in [-0.4, -0.2) is 53.6 Å². The van der Waals surface area contributed by atoms with E-state index in [1.165, 1.54) is 24.4 Å². The number of rotatable bonds is 5. The Kier molecular flexibility index (Phi) is 6.01. The lowest BCUT2D eigenvalue weighted by molar-refractivity contribution is 0.273. The predicted octanol–water partition coefficient (Wildman–Crippen LogP) is 3.43. The average Bonchev–Trinajstić information content (AvgIpc) is 2.46.